The van der Waals surface area contributed by atoms with Crippen molar-refractivity contribution in [1.29, 1.82) is 0 Å². The second kappa shape index (κ2) is 7.52. The van der Waals surface area contributed by atoms with Crippen LogP contribution in [0.2, 0.25) is 0 Å². The van der Waals surface area contributed by atoms with Crippen LogP contribution in [0, 0.1) is 5.92 Å². The van der Waals surface area contributed by atoms with Gasteiger partial charge in [-0.25, -0.2) is 0 Å². The molecule has 1 saturated heterocycles. The van der Waals surface area contributed by atoms with E-state index in [0.29, 0.717) is 6.54 Å². The molecule has 1 aliphatic carbocycles. The number of aryl methyl sites for hydroxylation is 1. The Kier molecular flexibility index (Phi) is 4.69. The summed E-state index contributed by atoms with van der Waals surface area (Å²) in [6, 6.07) is 15.6. The van der Waals surface area contributed by atoms with Gasteiger partial charge in [0.1, 0.15) is 5.75 Å². The van der Waals surface area contributed by atoms with E-state index in [1.807, 2.05) is 30.3 Å². The van der Waals surface area contributed by atoms with E-state index in [1.165, 1.54) is 10.9 Å². The van der Waals surface area contributed by atoms with Gasteiger partial charge in [-0.15, -0.1) is 0 Å². The van der Waals surface area contributed by atoms with Crippen molar-refractivity contribution in [2.24, 2.45) is 5.92 Å². The van der Waals surface area contributed by atoms with Gasteiger partial charge in [-0.1, -0.05) is 18.2 Å². The molecule has 2 atom stereocenters. The molecular weight excluding hydrogens is 378 g/mol. The van der Waals surface area contributed by atoms with Crippen molar-refractivity contribution < 1.29 is 14.3 Å². The number of amides is 2. The minimum absolute atomic E-state index is 0.0183. The van der Waals surface area contributed by atoms with Crippen LogP contribution in [0.4, 0.5) is 5.69 Å². The lowest BCUT2D eigenvalue weighted by atomic mass is 9.91. The highest BCUT2D eigenvalue weighted by atomic mass is 16.5. The fraction of sp³-hybridized carbons (Fsp3) is 0.333. The van der Waals surface area contributed by atoms with Crippen molar-refractivity contribution >= 4 is 28.4 Å². The number of ether oxygens (including phenoxy) is 1. The van der Waals surface area contributed by atoms with Crippen LogP contribution in [0.1, 0.15) is 36.6 Å². The maximum atomic E-state index is 13.0. The van der Waals surface area contributed by atoms with Gasteiger partial charge >= 0.3 is 0 Å². The molecule has 5 rings (SSSR count). The quantitative estimate of drug-likeness (QED) is 0.697. The van der Waals surface area contributed by atoms with Crippen molar-refractivity contribution in [2.45, 2.75) is 31.7 Å². The molecular formula is C24H25N3O3. The zero-order valence-corrected chi connectivity index (χ0v) is 17.0. The summed E-state index contributed by atoms with van der Waals surface area (Å²) in [6.45, 7) is 0.406. The second-order valence-corrected chi connectivity index (χ2v) is 8.12. The number of nitrogens with one attached hydrogen (secondary N) is 2. The third-order valence-corrected chi connectivity index (χ3v) is 6.31. The van der Waals surface area contributed by atoms with E-state index in [-0.39, 0.29) is 30.2 Å². The summed E-state index contributed by atoms with van der Waals surface area (Å²) in [7, 11) is 1.61. The van der Waals surface area contributed by atoms with E-state index in [1.54, 1.807) is 12.0 Å². The van der Waals surface area contributed by atoms with Gasteiger partial charge < -0.3 is 19.9 Å². The van der Waals surface area contributed by atoms with Gasteiger partial charge in [-0.3, -0.25) is 9.59 Å². The average molecular weight is 403 g/mol. The minimum atomic E-state index is -0.339. The molecule has 2 amide bonds. The number of anilines is 1. The summed E-state index contributed by atoms with van der Waals surface area (Å²) in [4.78, 5) is 30.8. The van der Waals surface area contributed by atoms with Crippen LogP contribution in [-0.4, -0.2) is 30.5 Å². The summed E-state index contributed by atoms with van der Waals surface area (Å²) >= 11 is 0. The lowest BCUT2D eigenvalue weighted by Crippen LogP contribution is -2.37. The summed E-state index contributed by atoms with van der Waals surface area (Å²) < 4.78 is 5.18. The van der Waals surface area contributed by atoms with E-state index >= 15 is 0 Å². The minimum Gasteiger partial charge on any atom is -0.497 e. The molecule has 1 aromatic heterocycles. The molecule has 0 bridgehead atoms. The molecule has 2 aromatic carbocycles. The van der Waals surface area contributed by atoms with Crippen LogP contribution in [-0.2, 0) is 16.0 Å². The standard InChI is InChI=1S/C24H25N3O3/c1-30-17-11-9-16(10-12-17)27-14-15(13-22(27)28)24(29)26-21-8-4-6-19-18-5-2-3-7-20(18)25-23(19)21/h2-3,5,7,9-12,15,21,25H,4,6,8,13-14H2,1H3,(H,26,29)/t15-,21+/m0/s1. The fourth-order valence-corrected chi connectivity index (χ4v) is 4.74. The molecule has 0 unspecified atom stereocenters. The summed E-state index contributed by atoms with van der Waals surface area (Å²) in [5.74, 6) is 0.339. The molecule has 30 heavy (non-hydrogen) atoms. The maximum Gasteiger partial charge on any atom is 0.227 e. The normalized spacial score (nSPS) is 21.0. The number of aromatic amines is 1. The van der Waals surface area contributed by atoms with Crippen molar-refractivity contribution in [3.63, 3.8) is 0 Å². The first-order chi connectivity index (χ1) is 14.6. The molecule has 2 N–H and O–H groups in total. The van der Waals surface area contributed by atoms with Gasteiger partial charge in [-0.2, -0.15) is 0 Å². The van der Waals surface area contributed by atoms with Crippen LogP contribution < -0.4 is 15.0 Å². The smallest absolute Gasteiger partial charge is 0.227 e. The molecule has 1 aliphatic heterocycles. The van der Waals surface area contributed by atoms with E-state index in [0.717, 1.165) is 41.9 Å². The Balaban J connectivity index is 1.31. The van der Waals surface area contributed by atoms with Crippen molar-refractivity contribution in [3.05, 3.63) is 59.8 Å². The number of benzene rings is 2. The molecule has 2 heterocycles. The Hall–Kier alpha value is -3.28. The molecule has 6 heteroatoms. The number of aromatic nitrogens is 1. The Bertz CT molecular complexity index is 1100. The van der Waals surface area contributed by atoms with E-state index in [9.17, 15) is 9.59 Å². The predicted molar refractivity (Wildman–Crippen MR) is 116 cm³/mol. The number of rotatable bonds is 4. The van der Waals surface area contributed by atoms with E-state index < -0.39 is 0 Å². The molecule has 3 aromatic rings. The Morgan fingerprint density at radius 3 is 2.77 bits per heavy atom. The Labute approximate surface area is 175 Å². The highest BCUT2D eigenvalue weighted by Crippen LogP contribution is 2.35. The summed E-state index contributed by atoms with van der Waals surface area (Å²) in [5, 5.41) is 4.46. The zero-order chi connectivity index (χ0) is 20.7. The van der Waals surface area contributed by atoms with Crippen LogP contribution in [0.15, 0.2) is 48.5 Å². The number of hydrogen-bond acceptors (Lipinski definition) is 3. The summed E-state index contributed by atoms with van der Waals surface area (Å²) in [6.07, 6.45) is 3.22. The lowest BCUT2D eigenvalue weighted by Gasteiger charge is -2.25. The molecule has 0 radical (unpaired) electrons. The number of carbonyl (C=O) groups excluding carboxylic acids is 2. The predicted octanol–water partition coefficient (Wildman–Crippen LogP) is 3.72. The average Bonchev–Trinajstić information content (AvgIpc) is 3.35. The zero-order valence-electron chi connectivity index (χ0n) is 17.0. The molecule has 0 saturated carbocycles. The van der Waals surface area contributed by atoms with Crippen molar-refractivity contribution in [1.82, 2.24) is 10.3 Å². The van der Waals surface area contributed by atoms with Gasteiger partial charge in [-0.05, 0) is 55.2 Å². The SMILES string of the molecule is COc1ccc(N2C[C@@H](C(=O)N[C@@H]3CCCc4c3[nH]c3ccccc43)CC2=O)cc1. The van der Waals surface area contributed by atoms with Gasteiger partial charge in [0.2, 0.25) is 11.8 Å². The molecule has 2 aliphatic rings. The molecule has 1 fully saturated rings. The first-order valence-electron chi connectivity index (χ1n) is 10.5. The number of H-pyrrole nitrogens is 1. The monoisotopic (exact) mass is 403 g/mol. The third kappa shape index (κ3) is 3.22. The van der Waals surface area contributed by atoms with Crippen LogP contribution in [0.5, 0.6) is 5.75 Å². The summed E-state index contributed by atoms with van der Waals surface area (Å²) in [5.41, 5.74) is 4.34. The van der Waals surface area contributed by atoms with Crippen molar-refractivity contribution in [2.75, 3.05) is 18.6 Å². The maximum absolute atomic E-state index is 13.0. The molecule has 154 valence electrons. The molecule has 6 nitrogen and oxygen atoms in total. The van der Waals surface area contributed by atoms with Crippen LogP contribution in [0.25, 0.3) is 10.9 Å². The largest absolute Gasteiger partial charge is 0.497 e. The Morgan fingerprint density at radius 1 is 1.17 bits per heavy atom. The number of para-hydroxylation sites is 1. The third-order valence-electron chi connectivity index (χ3n) is 6.31. The van der Waals surface area contributed by atoms with Gasteiger partial charge in [0.15, 0.2) is 0 Å². The number of carbonyl (C=O) groups is 2. The first kappa shape index (κ1) is 18.7. The van der Waals surface area contributed by atoms with Crippen LogP contribution >= 0.6 is 0 Å². The lowest BCUT2D eigenvalue weighted by molar-refractivity contribution is -0.127. The van der Waals surface area contributed by atoms with E-state index in [2.05, 4.69) is 28.5 Å². The number of hydrogen-bond donors (Lipinski definition) is 2. The van der Waals surface area contributed by atoms with Crippen LogP contribution in [0.3, 0.4) is 0 Å². The number of nitrogens with zero attached hydrogens (tertiary/aromatic N) is 1. The van der Waals surface area contributed by atoms with Gasteiger partial charge in [0.25, 0.3) is 0 Å². The number of methoxy groups -OCH3 is 1. The van der Waals surface area contributed by atoms with Gasteiger partial charge in [0.05, 0.1) is 19.1 Å². The highest BCUT2D eigenvalue weighted by Gasteiger charge is 2.36. The Morgan fingerprint density at radius 2 is 1.97 bits per heavy atom. The van der Waals surface area contributed by atoms with E-state index in [4.69, 9.17) is 4.74 Å². The second-order valence-electron chi connectivity index (χ2n) is 8.12. The topological polar surface area (TPSA) is 74.4 Å². The first-order valence-corrected chi connectivity index (χ1v) is 10.5. The number of fused-ring (bicyclic) bond motifs is 3. The molecule has 0 spiro atoms. The highest BCUT2D eigenvalue weighted by molar-refractivity contribution is 6.00. The van der Waals surface area contributed by atoms with Crippen molar-refractivity contribution in [3.8, 4) is 5.75 Å². The van der Waals surface area contributed by atoms with Gasteiger partial charge in [0, 0.05) is 35.2 Å². The fourth-order valence-electron chi connectivity index (χ4n) is 4.74.